The standard InChI is InChI=1S/C26H27N3O2Si/c1-32(2,20-23-16-10-5-11-17-23)24-25(30)28(18-21-12-6-3-7-13-21)26(31)29(27-24)19-22-14-8-4-9-15-22/h3-17H,18-20H2,1-2H3. The van der Waals surface area contributed by atoms with Crippen molar-refractivity contribution in [2.75, 3.05) is 0 Å². The summed E-state index contributed by atoms with van der Waals surface area (Å²) in [7, 11) is -2.29. The van der Waals surface area contributed by atoms with Crippen molar-refractivity contribution in [3.8, 4) is 0 Å². The Bertz CT molecular complexity index is 1300. The summed E-state index contributed by atoms with van der Waals surface area (Å²) >= 11 is 0. The van der Waals surface area contributed by atoms with Crippen LogP contribution in [0.4, 0.5) is 0 Å². The molecule has 0 saturated heterocycles. The van der Waals surface area contributed by atoms with Gasteiger partial charge in [-0.2, -0.15) is 5.10 Å². The highest BCUT2D eigenvalue weighted by molar-refractivity contribution is 6.88. The van der Waals surface area contributed by atoms with Gasteiger partial charge in [-0.25, -0.2) is 9.48 Å². The lowest BCUT2D eigenvalue weighted by molar-refractivity contribution is 0.550. The highest BCUT2D eigenvalue weighted by Gasteiger charge is 2.31. The molecule has 162 valence electrons. The van der Waals surface area contributed by atoms with Crippen LogP contribution in [0.2, 0.25) is 13.1 Å². The van der Waals surface area contributed by atoms with E-state index in [0.29, 0.717) is 11.9 Å². The van der Waals surface area contributed by atoms with Crippen LogP contribution in [-0.2, 0) is 19.1 Å². The predicted molar refractivity (Wildman–Crippen MR) is 131 cm³/mol. The van der Waals surface area contributed by atoms with E-state index in [2.05, 4.69) is 30.3 Å². The van der Waals surface area contributed by atoms with Crippen molar-refractivity contribution in [2.45, 2.75) is 32.2 Å². The molecule has 6 heteroatoms. The topological polar surface area (TPSA) is 56.9 Å². The van der Waals surface area contributed by atoms with Gasteiger partial charge in [0.1, 0.15) is 13.4 Å². The average Bonchev–Trinajstić information content (AvgIpc) is 2.80. The Balaban J connectivity index is 1.83. The zero-order chi connectivity index (χ0) is 22.6. The van der Waals surface area contributed by atoms with Crippen LogP contribution in [0.1, 0.15) is 16.7 Å². The van der Waals surface area contributed by atoms with Gasteiger partial charge in [0.2, 0.25) is 0 Å². The Morgan fingerprint density at radius 2 is 1.16 bits per heavy atom. The minimum absolute atomic E-state index is 0.235. The molecular formula is C26H27N3O2Si. The van der Waals surface area contributed by atoms with Gasteiger partial charge < -0.3 is 0 Å². The van der Waals surface area contributed by atoms with E-state index in [-0.39, 0.29) is 17.8 Å². The lowest BCUT2D eigenvalue weighted by Gasteiger charge is -2.23. The van der Waals surface area contributed by atoms with Crippen molar-refractivity contribution in [1.29, 1.82) is 0 Å². The van der Waals surface area contributed by atoms with Crippen LogP contribution in [0, 0.1) is 0 Å². The molecule has 3 aromatic carbocycles. The van der Waals surface area contributed by atoms with Crippen LogP contribution in [0.3, 0.4) is 0 Å². The van der Waals surface area contributed by atoms with E-state index in [1.807, 2.05) is 78.9 Å². The van der Waals surface area contributed by atoms with Gasteiger partial charge in [-0.1, -0.05) is 110 Å². The summed E-state index contributed by atoms with van der Waals surface area (Å²) in [5.41, 5.74) is 2.42. The van der Waals surface area contributed by atoms with Crippen LogP contribution in [-0.4, -0.2) is 22.4 Å². The number of hydrogen-bond donors (Lipinski definition) is 0. The van der Waals surface area contributed by atoms with E-state index < -0.39 is 8.07 Å². The molecule has 0 bridgehead atoms. The van der Waals surface area contributed by atoms with E-state index >= 15 is 0 Å². The summed E-state index contributed by atoms with van der Waals surface area (Å²) in [4.78, 5) is 26.9. The quantitative estimate of drug-likeness (QED) is 0.414. The van der Waals surface area contributed by atoms with Gasteiger partial charge in [-0.15, -0.1) is 0 Å². The predicted octanol–water partition coefficient (Wildman–Crippen LogP) is 3.20. The van der Waals surface area contributed by atoms with Crippen LogP contribution in [0.25, 0.3) is 0 Å². The molecule has 0 aliphatic rings. The summed E-state index contributed by atoms with van der Waals surface area (Å²) in [6.45, 7) is 4.86. The molecule has 0 fully saturated rings. The summed E-state index contributed by atoms with van der Waals surface area (Å²) < 4.78 is 2.80. The van der Waals surface area contributed by atoms with Gasteiger partial charge in [0.05, 0.1) is 13.1 Å². The van der Waals surface area contributed by atoms with Gasteiger partial charge in [0, 0.05) is 0 Å². The van der Waals surface area contributed by atoms with Crippen LogP contribution < -0.4 is 16.6 Å². The Morgan fingerprint density at radius 1 is 0.688 bits per heavy atom. The number of aromatic nitrogens is 3. The monoisotopic (exact) mass is 441 g/mol. The SMILES string of the molecule is C[Si](C)(Cc1ccccc1)c1nn(Cc2ccccc2)c(=O)n(Cc2ccccc2)c1=O. The minimum atomic E-state index is -2.29. The molecule has 32 heavy (non-hydrogen) atoms. The second-order valence-electron chi connectivity index (χ2n) is 8.70. The van der Waals surface area contributed by atoms with E-state index in [4.69, 9.17) is 0 Å². The maximum atomic E-state index is 13.6. The van der Waals surface area contributed by atoms with Crippen molar-refractivity contribution >= 4 is 13.4 Å². The maximum absolute atomic E-state index is 13.6. The van der Waals surface area contributed by atoms with Crippen LogP contribution in [0.15, 0.2) is 101 Å². The van der Waals surface area contributed by atoms with Crippen molar-refractivity contribution in [3.63, 3.8) is 0 Å². The molecule has 1 aromatic heterocycles. The van der Waals surface area contributed by atoms with Gasteiger partial charge in [-0.05, 0) is 17.2 Å². The zero-order valence-corrected chi connectivity index (χ0v) is 19.4. The van der Waals surface area contributed by atoms with E-state index in [1.54, 1.807) is 0 Å². The average molecular weight is 442 g/mol. The molecule has 0 aliphatic heterocycles. The summed E-state index contributed by atoms with van der Waals surface area (Å²) in [6, 6.07) is 30.3. The number of benzene rings is 3. The molecule has 0 N–H and O–H groups in total. The van der Waals surface area contributed by atoms with Crippen LogP contribution in [0.5, 0.6) is 0 Å². The molecular weight excluding hydrogens is 414 g/mol. The third kappa shape index (κ3) is 4.86. The molecule has 0 atom stereocenters. The summed E-state index contributed by atoms with van der Waals surface area (Å²) in [5.74, 6) is 0. The fourth-order valence-electron chi connectivity index (χ4n) is 3.94. The number of rotatable bonds is 7. The third-order valence-corrected chi connectivity index (χ3v) is 8.50. The fourth-order valence-corrected chi connectivity index (χ4v) is 6.47. The first kappa shape index (κ1) is 21.7. The summed E-state index contributed by atoms with van der Waals surface area (Å²) in [6.07, 6.45) is 0. The molecule has 0 spiro atoms. The van der Waals surface area contributed by atoms with E-state index in [0.717, 1.165) is 17.2 Å². The van der Waals surface area contributed by atoms with Gasteiger partial charge >= 0.3 is 5.69 Å². The van der Waals surface area contributed by atoms with E-state index in [1.165, 1.54) is 14.8 Å². The Kier molecular flexibility index (Phi) is 6.32. The molecule has 4 aromatic rings. The first-order chi connectivity index (χ1) is 15.4. The van der Waals surface area contributed by atoms with Crippen molar-refractivity contribution in [3.05, 3.63) is 129 Å². The smallest absolute Gasteiger partial charge is 0.268 e. The first-order valence-corrected chi connectivity index (χ1v) is 14.0. The molecule has 0 unspecified atom stereocenters. The Morgan fingerprint density at radius 3 is 1.69 bits per heavy atom. The number of nitrogens with zero attached hydrogens (tertiary/aromatic N) is 3. The molecule has 0 amide bonds. The second kappa shape index (κ2) is 9.32. The second-order valence-corrected chi connectivity index (χ2v) is 13.3. The van der Waals surface area contributed by atoms with Gasteiger partial charge in [0.25, 0.3) is 5.56 Å². The first-order valence-electron chi connectivity index (χ1n) is 10.8. The molecule has 5 nitrogen and oxygen atoms in total. The lowest BCUT2D eigenvalue weighted by atomic mass is 10.2. The summed E-state index contributed by atoms with van der Waals surface area (Å²) in [5, 5.41) is 5.20. The third-order valence-electron chi connectivity index (χ3n) is 5.61. The normalized spacial score (nSPS) is 11.4. The maximum Gasteiger partial charge on any atom is 0.348 e. The van der Waals surface area contributed by atoms with Gasteiger partial charge in [0.15, 0.2) is 0 Å². The Labute approximate surface area is 188 Å². The highest BCUT2D eigenvalue weighted by atomic mass is 28.3. The molecule has 0 aliphatic carbocycles. The van der Waals surface area contributed by atoms with Crippen molar-refractivity contribution in [1.82, 2.24) is 14.3 Å². The molecule has 4 rings (SSSR count). The van der Waals surface area contributed by atoms with Crippen molar-refractivity contribution in [2.24, 2.45) is 0 Å². The highest BCUT2D eigenvalue weighted by Crippen LogP contribution is 2.10. The van der Waals surface area contributed by atoms with E-state index in [9.17, 15) is 9.59 Å². The minimum Gasteiger partial charge on any atom is -0.268 e. The Hall–Kier alpha value is -3.51. The van der Waals surface area contributed by atoms with Crippen molar-refractivity contribution < 1.29 is 0 Å². The molecule has 0 radical (unpaired) electrons. The number of hydrogen-bond acceptors (Lipinski definition) is 3. The fraction of sp³-hybridized carbons (Fsp3) is 0.192. The zero-order valence-electron chi connectivity index (χ0n) is 18.4. The van der Waals surface area contributed by atoms with Gasteiger partial charge in [-0.3, -0.25) is 9.36 Å². The lowest BCUT2D eigenvalue weighted by Crippen LogP contribution is -2.61. The molecule has 1 heterocycles. The largest absolute Gasteiger partial charge is 0.348 e. The molecule has 0 saturated carbocycles. The van der Waals surface area contributed by atoms with Crippen LogP contribution >= 0.6 is 0 Å².